The minimum atomic E-state index is -0.517. The maximum Gasteiger partial charge on any atom is 0.227 e. The summed E-state index contributed by atoms with van der Waals surface area (Å²) in [6, 6.07) is 6.09. The highest BCUT2D eigenvalue weighted by atomic mass is 16.3. The van der Waals surface area contributed by atoms with E-state index in [-0.39, 0.29) is 18.2 Å². The molecule has 0 unspecified atom stereocenters. The monoisotopic (exact) mass is 367 g/mol. The van der Waals surface area contributed by atoms with Crippen LogP contribution in [0.15, 0.2) is 28.9 Å². The first kappa shape index (κ1) is 17.8. The van der Waals surface area contributed by atoms with Gasteiger partial charge in [0.2, 0.25) is 5.91 Å². The number of hydrogen-bond acceptors (Lipinski definition) is 4. The van der Waals surface area contributed by atoms with Gasteiger partial charge in [-0.25, -0.2) is 0 Å². The van der Waals surface area contributed by atoms with E-state index >= 15 is 0 Å². The van der Waals surface area contributed by atoms with Crippen molar-refractivity contribution in [2.75, 3.05) is 13.1 Å². The van der Waals surface area contributed by atoms with Gasteiger partial charge >= 0.3 is 0 Å². The van der Waals surface area contributed by atoms with E-state index in [1.807, 2.05) is 32.9 Å². The quantitative estimate of drug-likeness (QED) is 0.743. The number of β-amino-alcohol motifs (C(OH)–C–C–N with tert-alkyl or cyclic N) is 1. The van der Waals surface area contributed by atoms with Gasteiger partial charge in [-0.1, -0.05) is 6.07 Å². The third kappa shape index (κ3) is 3.49. The van der Waals surface area contributed by atoms with E-state index in [2.05, 4.69) is 16.3 Å². The van der Waals surface area contributed by atoms with Crippen LogP contribution in [0.4, 0.5) is 0 Å². The molecule has 1 aliphatic heterocycles. The first-order chi connectivity index (χ1) is 12.9. The van der Waals surface area contributed by atoms with E-state index in [0.29, 0.717) is 19.5 Å². The fraction of sp³-hybridized carbons (Fsp3) is 0.429. The fourth-order valence-electron chi connectivity index (χ4n) is 4.14. The summed E-state index contributed by atoms with van der Waals surface area (Å²) in [5.74, 6) is 0.0413. The summed E-state index contributed by atoms with van der Waals surface area (Å²) in [7, 11) is 0. The summed E-state index contributed by atoms with van der Waals surface area (Å²) in [6.45, 7) is 6.96. The average Bonchev–Trinajstić information content (AvgIpc) is 3.28. The van der Waals surface area contributed by atoms with Crippen LogP contribution in [-0.2, 0) is 17.6 Å². The first-order valence-corrected chi connectivity index (χ1v) is 9.34. The lowest BCUT2D eigenvalue weighted by Crippen LogP contribution is -2.31. The van der Waals surface area contributed by atoms with Crippen LogP contribution in [0.1, 0.15) is 28.1 Å². The van der Waals surface area contributed by atoms with Gasteiger partial charge in [0.1, 0.15) is 5.58 Å². The van der Waals surface area contributed by atoms with Crippen LogP contribution in [0.2, 0.25) is 0 Å². The molecule has 0 aliphatic carbocycles. The molecule has 0 saturated carbocycles. The smallest absolute Gasteiger partial charge is 0.227 e. The molecule has 3 heterocycles. The zero-order valence-corrected chi connectivity index (χ0v) is 16.0. The number of likely N-dealkylation sites (tertiary alicyclic amines) is 1. The Hall–Kier alpha value is -2.60. The van der Waals surface area contributed by atoms with E-state index in [1.165, 1.54) is 0 Å². The van der Waals surface area contributed by atoms with Gasteiger partial charge in [-0.3, -0.25) is 9.89 Å². The molecule has 0 spiro atoms. The Labute approximate surface area is 158 Å². The molecule has 1 aliphatic rings. The number of fused-ring (bicyclic) bond motifs is 1. The fourth-order valence-corrected chi connectivity index (χ4v) is 4.14. The number of furan rings is 1. The van der Waals surface area contributed by atoms with Crippen molar-refractivity contribution in [3.8, 4) is 0 Å². The van der Waals surface area contributed by atoms with Crippen molar-refractivity contribution in [2.24, 2.45) is 5.92 Å². The number of nitrogens with one attached hydrogen (secondary N) is 1. The van der Waals surface area contributed by atoms with Gasteiger partial charge in [0.15, 0.2) is 0 Å². The van der Waals surface area contributed by atoms with E-state index in [4.69, 9.17) is 4.42 Å². The van der Waals surface area contributed by atoms with E-state index in [1.54, 1.807) is 11.2 Å². The molecular weight excluding hydrogens is 342 g/mol. The third-order valence-electron chi connectivity index (χ3n) is 5.42. The molecule has 1 amide bonds. The Bertz CT molecular complexity index is 988. The zero-order valence-electron chi connectivity index (χ0n) is 16.0. The number of hydrogen-bond donors (Lipinski definition) is 2. The summed E-state index contributed by atoms with van der Waals surface area (Å²) in [5, 5.41) is 18.6. The predicted molar refractivity (Wildman–Crippen MR) is 102 cm³/mol. The second-order valence-corrected chi connectivity index (χ2v) is 7.77. The number of amides is 1. The van der Waals surface area contributed by atoms with Crippen LogP contribution in [0.5, 0.6) is 0 Å². The largest absolute Gasteiger partial charge is 0.464 e. The average molecular weight is 367 g/mol. The number of aromatic amines is 1. The number of carbonyl (C=O) groups is 1. The van der Waals surface area contributed by atoms with Crippen LogP contribution < -0.4 is 0 Å². The normalized spacial score (nSPS) is 19.9. The van der Waals surface area contributed by atoms with Crippen molar-refractivity contribution < 1.29 is 14.3 Å². The molecule has 0 radical (unpaired) electrons. The van der Waals surface area contributed by atoms with E-state index in [0.717, 1.165) is 39.0 Å². The second kappa shape index (κ2) is 6.85. The molecule has 2 aromatic heterocycles. The Morgan fingerprint density at radius 1 is 1.30 bits per heavy atom. The highest BCUT2D eigenvalue weighted by Gasteiger charge is 2.34. The third-order valence-corrected chi connectivity index (χ3v) is 5.42. The molecule has 27 heavy (non-hydrogen) atoms. The first-order valence-electron chi connectivity index (χ1n) is 9.34. The number of carbonyl (C=O) groups excluding carboxylic acids is 1. The molecule has 0 bridgehead atoms. The molecular formula is C21H25N3O3. The standard InChI is InChI=1S/C21H25N3O3/c1-12-4-13(2)21-16(11-27-19(21)5-12)8-20(26)24-9-15(18(25)10-24)7-17-6-14(3)22-23-17/h4-6,11,15,18,25H,7-10H2,1-3H3,(H,22,23)/t15-,18-/m1/s1. The molecule has 1 saturated heterocycles. The zero-order chi connectivity index (χ0) is 19.1. The van der Waals surface area contributed by atoms with Gasteiger partial charge in [-0.05, 0) is 50.5 Å². The molecule has 1 fully saturated rings. The van der Waals surface area contributed by atoms with Crippen LogP contribution in [0.3, 0.4) is 0 Å². The maximum absolute atomic E-state index is 12.8. The van der Waals surface area contributed by atoms with Crippen LogP contribution >= 0.6 is 0 Å². The van der Waals surface area contributed by atoms with Crippen LogP contribution in [-0.4, -0.2) is 45.3 Å². The Morgan fingerprint density at radius 2 is 2.11 bits per heavy atom. The highest BCUT2D eigenvalue weighted by Crippen LogP contribution is 2.28. The minimum Gasteiger partial charge on any atom is -0.464 e. The molecule has 4 rings (SSSR count). The van der Waals surface area contributed by atoms with Crippen LogP contribution in [0, 0.1) is 26.7 Å². The molecule has 3 aromatic rings. The van der Waals surface area contributed by atoms with Gasteiger partial charge in [0.25, 0.3) is 0 Å². The lowest BCUT2D eigenvalue weighted by molar-refractivity contribution is -0.129. The van der Waals surface area contributed by atoms with Crippen molar-refractivity contribution in [1.82, 2.24) is 15.1 Å². The van der Waals surface area contributed by atoms with Crippen molar-refractivity contribution in [3.63, 3.8) is 0 Å². The molecule has 2 atom stereocenters. The van der Waals surface area contributed by atoms with Crippen molar-refractivity contribution >= 4 is 16.9 Å². The number of benzene rings is 1. The number of aliphatic hydroxyl groups excluding tert-OH is 1. The summed E-state index contributed by atoms with van der Waals surface area (Å²) in [4.78, 5) is 14.6. The summed E-state index contributed by atoms with van der Waals surface area (Å²) < 4.78 is 5.67. The van der Waals surface area contributed by atoms with Gasteiger partial charge in [0.05, 0.1) is 24.5 Å². The lowest BCUT2D eigenvalue weighted by atomic mass is 10.00. The predicted octanol–water partition coefficient (Wildman–Crippen LogP) is 2.69. The highest BCUT2D eigenvalue weighted by molar-refractivity contribution is 5.90. The number of rotatable bonds is 4. The summed E-state index contributed by atoms with van der Waals surface area (Å²) in [6.07, 6.45) is 2.13. The van der Waals surface area contributed by atoms with E-state index in [9.17, 15) is 9.90 Å². The maximum atomic E-state index is 12.8. The molecule has 142 valence electrons. The van der Waals surface area contributed by atoms with Gasteiger partial charge in [0, 0.05) is 35.7 Å². The number of aliphatic hydroxyl groups is 1. The number of aryl methyl sites for hydroxylation is 3. The number of aromatic nitrogens is 2. The number of nitrogens with zero attached hydrogens (tertiary/aromatic N) is 2. The van der Waals surface area contributed by atoms with Gasteiger partial charge < -0.3 is 14.4 Å². The van der Waals surface area contributed by atoms with Crippen molar-refractivity contribution in [3.05, 3.63) is 52.5 Å². The Kier molecular flexibility index (Phi) is 4.52. The van der Waals surface area contributed by atoms with E-state index < -0.39 is 6.10 Å². The van der Waals surface area contributed by atoms with Gasteiger partial charge in [-0.15, -0.1) is 0 Å². The van der Waals surface area contributed by atoms with Crippen LogP contribution in [0.25, 0.3) is 11.0 Å². The Morgan fingerprint density at radius 3 is 2.85 bits per heavy atom. The number of H-pyrrole nitrogens is 1. The second-order valence-electron chi connectivity index (χ2n) is 7.77. The molecule has 2 N–H and O–H groups in total. The summed E-state index contributed by atoms with van der Waals surface area (Å²) >= 11 is 0. The van der Waals surface area contributed by atoms with Gasteiger partial charge in [-0.2, -0.15) is 5.10 Å². The topological polar surface area (TPSA) is 82.4 Å². The van der Waals surface area contributed by atoms with Crippen molar-refractivity contribution in [1.29, 1.82) is 0 Å². The lowest BCUT2D eigenvalue weighted by Gasteiger charge is -2.15. The molecule has 1 aromatic carbocycles. The minimum absolute atomic E-state index is 0.0159. The molecule has 6 nitrogen and oxygen atoms in total. The summed E-state index contributed by atoms with van der Waals surface area (Å²) in [5.41, 5.74) is 5.93. The molecule has 6 heteroatoms. The SMILES string of the molecule is Cc1cc(C)c2c(CC(=O)N3C[C@@H](Cc4cc(C)[nH]n4)[C@H](O)C3)coc2c1. The van der Waals surface area contributed by atoms with Crippen molar-refractivity contribution in [2.45, 2.75) is 39.7 Å². The Balaban J connectivity index is 1.46.